The van der Waals surface area contributed by atoms with Crippen molar-refractivity contribution in [3.63, 3.8) is 0 Å². The van der Waals surface area contributed by atoms with Crippen molar-refractivity contribution in [2.24, 2.45) is 0 Å². The van der Waals surface area contributed by atoms with Crippen molar-refractivity contribution in [3.8, 4) is 0 Å². The lowest BCUT2D eigenvalue weighted by Crippen LogP contribution is -2.36. The summed E-state index contributed by atoms with van der Waals surface area (Å²) < 4.78 is 5.23. The molecule has 5 heteroatoms. The summed E-state index contributed by atoms with van der Waals surface area (Å²) in [4.78, 5) is 28.8. The number of anilines is 1. The van der Waals surface area contributed by atoms with Crippen LogP contribution in [0.2, 0.25) is 0 Å². The van der Waals surface area contributed by atoms with Crippen LogP contribution in [-0.4, -0.2) is 29.0 Å². The quantitative estimate of drug-likeness (QED) is 0.689. The Labute approximate surface area is 99.4 Å². The predicted molar refractivity (Wildman–Crippen MR) is 62.1 cm³/mol. The fraction of sp³-hybridized carbons (Fsp3) is 0.417. The van der Waals surface area contributed by atoms with Gasteiger partial charge in [0.25, 0.3) is 0 Å². The van der Waals surface area contributed by atoms with Crippen molar-refractivity contribution in [3.05, 3.63) is 24.0 Å². The summed E-state index contributed by atoms with van der Waals surface area (Å²) in [5, 5.41) is 0. The zero-order valence-electron chi connectivity index (χ0n) is 10.1. The maximum Gasteiger partial charge on any atom is 0.415 e. The SMILES string of the molecule is CC(C)(C)OC(=O)N1CC(=O)c2ncccc21. The van der Waals surface area contributed by atoms with E-state index < -0.39 is 11.7 Å². The molecule has 1 amide bonds. The second-order valence-corrected chi connectivity index (χ2v) is 4.86. The van der Waals surface area contributed by atoms with Gasteiger partial charge < -0.3 is 4.74 Å². The predicted octanol–water partition coefficient (Wildman–Crippen LogP) is 2.02. The minimum atomic E-state index is -0.578. The lowest BCUT2D eigenvalue weighted by molar-refractivity contribution is 0.0579. The van der Waals surface area contributed by atoms with E-state index in [4.69, 9.17) is 4.74 Å². The number of pyridine rings is 1. The Hall–Kier alpha value is -1.91. The van der Waals surface area contributed by atoms with Crippen LogP contribution in [0, 0.1) is 0 Å². The highest BCUT2D eigenvalue weighted by Gasteiger charge is 2.34. The van der Waals surface area contributed by atoms with Gasteiger partial charge in [0.1, 0.15) is 11.3 Å². The first-order valence-corrected chi connectivity index (χ1v) is 5.37. The van der Waals surface area contributed by atoms with Crippen LogP contribution in [0.5, 0.6) is 0 Å². The third kappa shape index (κ3) is 2.27. The molecule has 1 aromatic heterocycles. The molecule has 0 fully saturated rings. The summed E-state index contributed by atoms with van der Waals surface area (Å²) in [6.45, 7) is 5.36. The fourth-order valence-electron chi connectivity index (χ4n) is 1.61. The first kappa shape index (κ1) is 11.6. The molecule has 1 aliphatic heterocycles. The molecule has 0 saturated heterocycles. The van der Waals surface area contributed by atoms with Crippen LogP contribution >= 0.6 is 0 Å². The maximum absolute atomic E-state index is 11.9. The summed E-state index contributed by atoms with van der Waals surface area (Å²) in [5.41, 5.74) is 0.274. The molecule has 1 aliphatic rings. The minimum absolute atomic E-state index is 0.00125. The molecule has 0 spiro atoms. The number of hydrogen-bond donors (Lipinski definition) is 0. The maximum atomic E-state index is 11.9. The van der Waals surface area contributed by atoms with Crippen molar-refractivity contribution in [1.29, 1.82) is 0 Å². The Bertz CT molecular complexity index is 477. The van der Waals surface area contributed by atoms with Crippen LogP contribution in [0.25, 0.3) is 0 Å². The number of rotatable bonds is 0. The largest absolute Gasteiger partial charge is 0.443 e. The third-order valence-electron chi connectivity index (χ3n) is 2.26. The van der Waals surface area contributed by atoms with Gasteiger partial charge in [0.15, 0.2) is 0 Å². The van der Waals surface area contributed by atoms with Gasteiger partial charge in [-0.15, -0.1) is 0 Å². The molecule has 0 aromatic carbocycles. The Kier molecular flexibility index (Phi) is 2.61. The molecule has 2 rings (SSSR count). The molecule has 17 heavy (non-hydrogen) atoms. The van der Waals surface area contributed by atoms with Gasteiger partial charge in [-0.05, 0) is 32.9 Å². The average Bonchev–Trinajstić information content (AvgIpc) is 2.55. The molecule has 0 radical (unpaired) electrons. The smallest absolute Gasteiger partial charge is 0.415 e. The van der Waals surface area contributed by atoms with Gasteiger partial charge in [-0.1, -0.05) is 0 Å². The van der Waals surface area contributed by atoms with Crippen LogP contribution in [0.1, 0.15) is 31.3 Å². The average molecular weight is 234 g/mol. The molecule has 90 valence electrons. The van der Waals surface area contributed by atoms with E-state index in [1.165, 1.54) is 11.1 Å². The van der Waals surface area contributed by atoms with Gasteiger partial charge in [-0.25, -0.2) is 4.79 Å². The number of hydrogen-bond acceptors (Lipinski definition) is 4. The molecule has 0 unspecified atom stereocenters. The van der Waals surface area contributed by atoms with E-state index in [-0.39, 0.29) is 12.3 Å². The summed E-state index contributed by atoms with van der Waals surface area (Å²) in [7, 11) is 0. The zero-order chi connectivity index (χ0) is 12.6. The number of ketones is 1. The van der Waals surface area contributed by atoms with Crippen molar-refractivity contribution >= 4 is 17.6 Å². The Balaban J connectivity index is 2.26. The fourth-order valence-corrected chi connectivity index (χ4v) is 1.61. The highest BCUT2D eigenvalue weighted by Crippen LogP contribution is 2.27. The molecule has 1 aromatic rings. The van der Waals surface area contributed by atoms with Crippen molar-refractivity contribution in [2.75, 3.05) is 11.4 Å². The summed E-state index contributed by atoms with van der Waals surface area (Å²) in [6, 6.07) is 3.38. The highest BCUT2D eigenvalue weighted by atomic mass is 16.6. The number of fused-ring (bicyclic) bond motifs is 1. The highest BCUT2D eigenvalue weighted by molar-refractivity contribution is 6.13. The molecule has 0 aliphatic carbocycles. The van der Waals surface area contributed by atoms with Gasteiger partial charge in [0.05, 0.1) is 12.2 Å². The van der Waals surface area contributed by atoms with E-state index in [9.17, 15) is 9.59 Å². The summed E-state index contributed by atoms with van der Waals surface area (Å²) in [5.74, 6) is -0.161. The van der Waals surface area contributed by atoms with E-state index in [1.807, 2.05) is 0 Å². The molecule has 5 nitrogen and oxygen atoms in total. The van der Waals surface area contributed by atoms with Crippen LogP contribution in [-0.2, 0) is 4.74 Å². The van der Waals surface area contributed by atoms with E-state index in [1.54, 1.807) is 32.9 Å². The lowest BCUT2D eigenvalue weighted by atomic mass is 10.2. The van der Waals surface area contributed by atoms with Crippen LogP contribution in [0.3, 0.4) is 0 Å². The van der Waals surface area contributed by atoms with Gasteiger partial charge in [0.2, 0.25) is 5.78 Å². The van der Waals surface area contributed by atoms with E-state index in [0.717, 1.165) is 0 Å². The van der Waals surface area contributed by atoms with E-state index in [0.29, 0.717) is 11.4 Å². The molecular weight excluding hydrogens is 220 g/mol. The van der Waals surface area contributed by atoms with E-state index >= 15 is 0 Å². The number of ether oxygens (including phenoxy) is 1. The Morgan fingerprint density at radius 1 is 1.47 bits per heavy atom. The van der Waals surface area contributed by atoms with Crippen molar-refractivity contribution < 1.29 is 14.3 Å². The topological polar surface area (TPSA) is 59.5 Å². The molecular formula is C12H14N2O3. The zero-order valence-corrected chi connectivity index (χ0v) is 10.1. The van der Waals surface area contributed by atoms with Gasteiger partial charge in [0, 0.05) is 6.20 Å². The first-order chi connectivity index (χ1) is 7.88. The molecule has 0 saturated carbocycles. The van der Waals surface area contributed by atoms with Gasteiger partial charge in [-0.2, -0.15) is 0 Å². The molecule has 2 heterocycles. The number of amides is 1. The normalized spacial score (nSPS) is 14.8. The standard InChI is InChI=1S/C12H14N2O3/c1-12(2,3)17-11(16)14-7-9(15)10-8(14)5-4-6-13-10/h4-6H,7H2,1-3H3. The summed E-state index contributed by atoms with van der Waals surface area (Å²) in [6.07, 6.45) is 1.02. The summed E-state index contributed by atoms with van der Waals surface area (Å²) >= 11 is 0. The van der Waals surface area contributed by atoms with Crippen LogP contribution < -0.4 is 4.90 Å². The number of aromatic nitrogens is 1. The number of carbonyl (C=O) groups excluding carboxylic acids is 2. The first-order valence-electron chi connectivity index (χ1n) is 5.37. The number of carbonyl (C=O) groups is 2. The Morgan fingerprint density at radius 2 is 2.18 bits per heavy atom. The van der Waals surface area contributed by atoms with Crippen LogP contribution in [0.15, 0.2) is 18.3 Å². The molecule has 0 atom stereocenters. The monoisotopic (exact) mass is 234 g/mol. The second kappa shape index (κ2) is 3.84. The van der Waals surface area contributed by atoms with Crippen molar-refractivity contribution in [1.82, 2.24) is 4.98 Å². The van der Waals surface area contributed by atoms with Gasteiger partial charge in [-0.3, -0.25) is 14.7 Å². The van der Waals surface area contributed by atoms with E-state index in [2.05, 4.69) is 4.98 Å². The Morgan fingerprint density at radius 3 is 2.82 bits per heavy atom. The van der Waals surface area contributed by atoms with Crippen molar-refractivity contribution in [2.45, 2.75) is 26.4 Å². The number of nitrogens with zero attached hydrogens (tertiary/aromatic N) is 2. The second-order valence-electron chi connectivity index (χ2n) is 4.86. The molecule has 0 bridgehead atoms. The molecule has 0 N–H and O–H groups in total. The third-order valence-corrected chi connectivity index (χ3v) is 2.26. The van der Waals surface area contributed by atoms with Gasteiger partial charge >= 0.3 is 6.09 Å². The minimum Gasteiger partial charge on any atom is -0.443 e. The lowest BCUT2D eigenvalue weighted by Gasteiger charge is -2.24. The van der Waals surface area contributed by atoms with Crippen LogP contribution in [0.4, 0.5) is 10.5 Å². The number of Topliss-reactive ketones (excluding diaryl/α,β-unsaturated/α-hetero) is 1.